The van der Waals surface area contributed by atoms with Gasteiger partial charge in [-0.2, -0.15) is 4.98 Å². The van der Waals surface area contributed by atoms with E-state index < -0.39 is 5.82 Å². The fourth-order valence-electron chi connectivity index (χ4n) is 1.85. The van der Waals surface area contributed by atoms with Gasteiger partial charge in [0, 0.05) is 6.07 Å². The first-order valence-corrected chi connectivity index (χ1v) is 6.20. The maximum Gasteiger partial charge on any atom is 0.246 e. The van der Waals surface area contributed by atoms with Crippen molar-refractivity contribution in [2.75, 3.05) is 0 Å². The first-order valence-electron chi connectivity index (χ1n) is 5.41. The fraction of sp³-hybridized carbons (Fsp3) is 0.182. The molecule has 5 nitrogen and oxygen atoms in total. The lowest BCUT2D eigenvalue weighted by Gasteiger charge is -2.01. The Kier molecular flexibility index (Phi) is 2.87. The normalized spacial score (nSPS) is 11.3. The summed E-state index contributed by atoms with van der Waals surface area (Å²) in [4.78, 5) is 7.05. The molecule has 0 unspecified atom stereocenters. The number of aromatic amines is 1. The summed E-state index contributed by atoms with van der Waals surface area (Å²) < 4.78 is 20.7. The minimum atomic E-state index is -0.501. The summed E-state index contributed by atoms with van der Waals surface area (Å²) in [6.45, 7) is 2.00. The van der Waals surface area contributed by atoms with Crippen LogP contribution in [0.2, 0.25) is 5.02 Å². The molecule has 0 aliphatic heterocycles. The molecule has 0 aliphatic carbocycles. The molecule has 0 saturated carbocycles. The van der Waals surface area contributed by atoms with E-state index in [-0.39, 0.29) is 11.6 Å². The van der Waals surface area contributed by atoms with E-state index in [2.05, 4.69) is 15.1 Å². The third-order valence-corrected chi connectivity index (χ3v) is 3.29. The molecule has 1 N–H and O–H groups in total. The minimum absolute atomic E-state index is 0.0459. The van der Waals surface area contributed by atoms with Crippen molar-refractivity contribution < 1.29 is 8.91 Å². The molecule has 3 aromatic rings. The van der Waals surface area contributed by atoms with E-state index in [4.69, 9.17) is 28.3 Å². The molecule has 0 aliphatic rings. The maximum atomic E-state index is 13.5. The molecular weight excluding hydrogens is 291 g/mol. The van der Waals surface area contributed by atoms with Crippen molar-refractivity contribution in [1.29, 1.82) is 0 Å². The molecule has 3 rings (SSSR count). The Morgan fingerprint density at radius 2 is 2.32 bits per heavy atom. The number of rotatable bonds is 2. The summed E-state index contributed by atoms with van der Waals surface area (Å²) in [5, 5.41) is 3.75. The van der Waals surface area contributed by atoms with E-state index in [0.29, 0.717) is 27.5 Å². The van der Waals surface area contributed by atoms with E-state index in [0.717, 1.165) is 0 Å². The van der Waals surface area contributed by atoms with Crippen molar-refractivity contribution >= 4 is 34.9 Å². The van der Waals surface area contributed by atoms with E-state index in [9.17, 15) is 4.39 Å². The van der Waals surface area contributed by atoms with Crippen LogP contribution in [0.15, 0.2) is 16.7 Å². The van der Waals surface area contributed by atoms with Crippen LogP contribution in [0.4, 0.5) is 4.39 Å². The van der Waals surface area contributed by atoms with Gasteiger partial charge in [-0.1, -0.05) is 16.8 Å². The molecule has 0 bridgehead atoms. The number of aromatic nitrogens is 4. The van der Waals surface area contributed by atoms with Gasteiger partial charge in [-0.05, 0) is 25.2 Å². The van der Waals surface area contributed by atoms with E-state index >= 15 is 0 Å². The lowest BCUT2D eigenvalue weighted by molar-refractivity contribution is 0.368. The van der Waals surface area contributed by atoms with Gasteiger partial charge in [-0.25, -0.2) is 4.39 Å². The highest BCUT2D eigenvalue weighted by molar-refractivity contribution is 7.71. The van der Waals surface area contributed by atoms with Gasteiger partial charge in [-0.15, -0.1) is 0 Å². The second-order valence-electron chi connectivity index (χ2n) is 4.04. The van der Waals surface area contributed by atoms with Crippen molar-refractivity contribution in [2.24, 2.45) is 0 Å². The molecule has 98 valence electrons. The maximum absolute atomic E-state index is 13.5. The van der Waals surface area contributed by atoms with Gasteiger partial charge in [0.25, 0.3) is 0 Å². The Balaban J connectivity index is 2.15. The Labute approximate surface area is 117 Å². The first kappa shape index (κ1) is 12.3. The van der Waals surface area contributed by atoms with Crippen molar-refractivity contribution in [3.63, 3.8) is 0 Å². The molecule has 0 fully saturated rings. The average Bonchev–Trinajstić information content (AvgIpc) is 2.87. The topological polar surface area (TPSA) is 59.6 Å². The van der Waals surface area contributed by atoms with Gasteiger partial charge in [0.1, 0.15) is 12.4 Å². The van der Waals surface area contributed by atoms with Gasteiger partial charge in [-0.3, -0.25) is 0 Å². The predicted octanol–water partition coefficient (Wildman–Crippen LogP) is 3.23. The number of fused-ring (bicyclic) bond motifs is 1. The highest BCUT2D eigenvalue weighted by Crippen LogP contribution is 2.23. The summed E-state index contributed by atoms with van der Waals surface area (Å²) in [6, 6.07) is 2.82. The number of hydrogen-bond acceptors (Lipinski definition) is 4. The van der Waals surface area contributed by atoms with Gasteiger partial charge in [0.2, 0.25) is 5.89 Å². The van der Waals surface area contributed by atoms with Gasteiger partial charge in [0.05, 0.1) is 16.1 Å². The molecular formula is C11H8ClFN4OS. The van der Waals surface area contributed by atoms with Crippen LogP contribution < -0.4 is 0 Å². The van der Waals surface area contributed by atoms with Crippen LogP contribution in [-0.4, -0.2) is 19.7 Å². The Morgan fingerprint density at radius 3 is 3.00 bits per heavy atom. The number of H-pyrrole nitrogens is 1. The van der Waals surface area contributed by atoms with Crippen molar-refractivity contribution in [2.45, 2.75) is 13.5 Å². The van der Waals surface area contributed by atoms with Gasteiger partial charge >= 0.3 is 0 Å². The summed E-state index contributed by atoms with van der Waals surface area (Å²) in [6.07, 6.45) is 0. The van der Waals surface area contributed by atoms with Crippen LogP contribution in [-0.2, 0) is 6.54 Å². The SMILES string of the molecule is Cc1noc(Cn2c(=S)[nH]c3cc(Cl)c(F)cc32)n1. The lowest BCUT2D eigenvalue weighted by atomic mass is 10.3. The second kappa shape index (κ2) is 4.43. The molecule has 0 atom stereocenters. The minimum Gasteiger partial charge on any atom is -0.337 e. The van der Waals surface area contributed by atoms with Crippen LogP contribution in [0.1, 0.15) is 11.7 Å². The highest BCUT2D eigenvalue weighted by atomic mass is 35.5. The Hall–Kier alpha value is -1.73. The zero-order valence-electron chi connectivity index (χ0n) is 9.78. The van der Waals surface area contributed by atoms with E-state index in [1.807, 2.05) is 0 Å². The zero-order valence-corrected chi connectivity index (χ0v) is 11.3. The standard InChI is InChI=1S/C11H8ClFN4OS/c1-5-14-10(18-16-5)4-17-9-3-7(13)6(12)2-8(9)15-11(17)19/h2-3H,4H2,1H3,(H,15,19). The third-order valence-electron chi connectivity index (χ3n) is 2.68. The number of halogens is 2. The van der Waals surface area contributed by atoms with Crippen LogP contribution in [0, 0.1) is 17.5 Å². The van der Waals surface area contributed by atoms with Crippen molar-refractivity contribution in [3.8, 4) is 0 Å². The number of aryl methyl sites for hydroxylation is 1. The molecule has 8 heteroatoms. The number of nitrogens with zero attached hydrogens (tertiary/aromatic N) is 3. The smallest absolute Gasteiger partial charge is 0.246 e. The Bertz CT molecular complexity index is 822. The number of imidazole rings is 1. The zero-order chi connectivity index (χ0) is 13.6. The molecule has 1 aromatic carbocycles. The fourth-order valence-corrected chi connectivity index (χ4v) is 2.28. The van der Waals surface area contributed by atoms with Crippen molar-refractivity contribution in [3.05, 3.63) is 39.5 Å². The summed E-state index contributed by atoms with van der Waals surface area (Å²) in [5.41, 5.74) is 1.26. The molecule has 0 amide bonds. The molecule has 0 radical (unpaired) electrons. The number of hydrogen-bond donors (Lipinski definition) is 1. The average molecular weight is 299 g/mol. The molecule has 0 spiro atoms. The van der Waals surface area contributed by atoms with Crippen molar-refractivity contribution in [1.82, 2.24) is 19.7 Å². The third kappa shape index (κ3) is 2.15. The monoisotopic (exact) mass is 298 g/mol. The highest BCUT2D eigenvalue weighted by Gasteiger charge is 2.12. The quantitative estimate of drug-likeness (QED) is 0.738. The van der Waals surface area contributed by atoms with Gasteiger partial charge < -0.3 is 14.1 Å². The van der Waals surface area contributed by atoms with E-state index in [1.54, 1.807) is 11.5 Å². The summed E-state index contributed by atoms with van der Waals surface area (Å²) >= 11 is 10.9. The van der Waals surface area contributed by atoms with E-state index in [1.165, 1.54) is 12.1 Å². The molecule has 2 aromatic heterocycles. The largest absolute Gasteiger partial charge is 0.337 e. The second-order valence-corrected chi connectivity index (χ2v) is 4.83. The van der Waals surface area contributed by atoms with Crippen LogP contribution >= 0.6 is 23.8 Å². The number of benzene rings is 1. The summed E-state index contributed by atoms with van der Waals surface area (Å²) in [7, 11) is 0. The van der Waals surface area contributed by atoms with Crippen LogP contribution in [0.3, 0.4) is 0 Å². The molecule has 19 heavy (non-hydrogen) atoms. The first-order chi connectivity index (χ1) is 9.04. The molecule has 2 heterocycles. The number of nitrogens with one attached hydrogen (secondary N) is 1. The lowest BCUT2D eigenvalue weighted by Crippen LogP contribution is -2.00. The van der Waals surface area contributed by atoms with Crippen LogP contribution in [0.5, 0.6) is 0 Å². The summed E-state index contributed by atoms with van der Waals surface area (Å²) in [5.74, 6) is 0.444. The predicted molar refractivity (Wildman–Crippen MR) is 70.2 cm³/mol. The molecule has 0 saturated heterocycles. The van der Waals surface area contributed by atoms with Crippen LogP contribution in [0.25, 0.3) is 11.0 Å². The Morgan fingerprint density at radius 1 is 1.53 bits per heavy atom. The van der Waals surface area contributed by atoms with Gasteiger partial charge in [0.15, 0.2) is 10.6 Å².